The third kappa shape index (κ3) is 4.89. The molecule has 0 fully saturated rings. The van der Waals surface area contributed by atoms with Crippen LogP contribution in [0.3, 0.4) is 0 Å². The van der Waals surface area contributed by atoms with Crippen LogP contribution in [-0.4, -0.2) is 54.7 Å². The molecule has 18 heavy (non-hydrogen) atoms. The molecule has 0 aliphatic carbocycles. The van der Waals surface area contributed by atoms with Crippen molar-refractivity contribution in [2.75, 3.05) is 32.1 Å². The molecule has 0 aromatic rings. The predicted molar refractivity (Wildman–Crippen MR) is 68.2 cm³/mol. The fourth-order valence-electron chi connectivity index (χ4n) is 1.36. The summed E-state index contributed by atoms with van der Waals surface area (Å²) in [6.45, 7) is 1.24. The highest BCUT2D eigenvalue weighted by atomic mass is 32.1. The molecule has 1 heterocycles. The predicted octanol–water partition coefficient (Wildman–Crippen LogP) is -0.636. The van der Waals surface area contributed by atoms with Crippen LogP contribution < -0.4 is 5.32 Å². The Morgan fingerprint density at radius 1 is 1.28 bits per heavy atom. The Kier molecular flexibility index (Phi) is 6.45. The molecule has 0 saturated heterocycles. The highest BCUT2D eigenvalue weighted by Crippen LogP contribution is 2.02. The second-order valence-corrected chi connectivity index (χ2v) is 4.04. The van der Waals surface area contributed by atoms with Gasteiger partial charge in [-0.25, -0.2) is 0 Å². The molecule has 7 heteroatoms. The SMILES string of the molecule is O=C(CCOCCN1C(=O)C=CC1=O)NCCS. The van der Waals surface area contributed by atoms with Crippen molar-refractivity contribution in [3.8, 4) is 0 Å². The Morgan fingerprint density at radius 3 is 2.56 bits per heavy atom. The van der Waals surface area contributed by atoms with Crippen LogP contribution in [-0.2, 0) is 19.1 Å². The molecule has 0 aromatic heterocycles. The Balaban J connectivity index is 2.04. The maximum absolute atomic E-state index is 11.2. The summed E-state index contributed by atoms with van der Waals surface area (Å²) in [4.78, 5) is 34.6. The van der Waals surface area contributed by atoms with Crippen molar-refractivity contribution < 1.29 is 19.1 Å². The van der Waals surface area contributed by atoms with Crippen LogP contribution in [0.2, 0.25) is 0 Å². The number of amides is 3. The van der Waals surface area contributed by atoms with Crippen LogP contribution in [0.15, 0.2) is 12.2 Å². The monoisotopic (exact) mass is 272 g/mol. The van der Waals surface area contributed by atoms with Crippen LogP contribution in [0, 0.1) is 0 Å². The summed E-state index contributed by atoms with van der Waals surface area (Å²) in [7, 11) is 0. The van der Waals surface area contributed by atoms with Gasteiger partial charge in [0.1, 0.15) is 0 Å². The molecule has 0 bridgehead atoms. The molecule has 0 spiro atoms. The van der Waals surface area contributed by atoms with Gasteiger partial charge in [-0.05, 0) is 0 Å². The summed E-state index contributed by atoms with van der Waals surface area (Å²) in [5.74, 6) is -0.150. The van der Waals surface area contributed by atoms with E-state index in [1.807, 2.05) is 0 Å². The highest BCUT2D eigenvalue weighted by molar-refractivity contribution is 7.80. The van der Waals surface area contributed by atoms with Crippen molar-refractivity contribution in [1.82, 2.24) is 10.2 Å². The fraction of sp³-hybridized carbons (Fsp3) is 0.545. The van der Waals surface area contributed by atoms with E-state index in [0.717, 1.165) is 4.90 Å². The van der Waals surface area contributed by atoms with E-state index in [4.69, 9.17) is 4.74 Å². The Bertz CT molecular complexity index is 339. The lowest BCUT2D eigenvalue weighted by Crippen LogP contribution is -2.33. The zero-order valence-corrected chi connectivity index (χ0v) is 10.8. The van der Waals surface area contributed by atoms with Crippen LogP contribution in [0.5, 0.6) is 0 Å². The normalized spacial score (nSPS) is 14.4. The molecule has 1 N–H and O–H groups in total. The quantitative estimate of drug-likeness (QED) is 0.350. The number of rotatable bonds is 8. The maximum Gasteiger partial charge on any atom is 0.253 e. The average molecular weight is 272 g/mol. The number of nitrogens with zero attached hydrogens (tertiary/aromatic N) is 1. The van der Waals surface area contributed by atoms with E-state index in [9.17, 15) is 14.4 Å². The molecule has 0 radical (unpaired) electrons. The lowest BCUT2D eigenvalue weighted by Gasteiger charge is -2.13. The first-order valence-electron chi connectivity index (χ1n) is 5.64. The van der Waals surface area contributed by atoms with Gasteiger partial charge >= 0.3 is 0 Å². The second kappa shape index (κ2) is 7.88. The highest BCUT2D eigenvalue weighted by Gasteiger charge is 2.22. The second-order valence-electron chi connectivity index (χ2n) is 3.60. The number of nitrogens with one attached hydrogen (secondary N) is 1. The van der Waals surface area contributed by atoms with E-state index < -0.39 is 0 Å². The average Bonchev–Trinajstić information content (AvgIpc) is 2.67. The molecule has 0 unspecified atom stereocenters. The summed E-state index contributed by atoms with van der Waals surface area (Å²) in [5.41, 5.74) is 0. The largest absolute Gasteiger partial charge is 0.379 e. The standard InChI is InChI=1S/C11H16N2O4S/c14-9(12-4-8-18)3-6-17-7-5-13-10(15)1-2-11(13)16/h1-2,18H,3-8H2,(H,12,14). The van der Waals surface area contributed by atoms with Crippen molar-refractivity contribution in [3.05, 3.63) is 12.2 Å². The number of hydrogen-bond acceptors (Lipinski definition) is 5. The van der Waals surface area contributed by atoms with Crippen molar-refractivity contribution in [3.63, 3.8) is 0 Å². The van der Waals surface area contributed by atoms with Crippen molar-refractivity contribution in [1.29, 1.82) is 0 Å². The van der Waals surface area contributed by atoms with E-state index in [1.165, 1.54) is 12.2 Å². The van der Waals surface area contributed by atoms with Gasteiger partial charge in [0.05, 0.1) is 19.8 Å². The first-order valence-corrected chi connectivity index (χ1v) is 6.27. The number of imide groups is 1. The first-order chi connectivity index (χ1) is 8.65. The molecule has 6 nitrogen and oxygen atoms in total. The number of carbonyl (C=O) groups is 3. The lowest BCUT2D eigenvalue weighted by atomic mass is 10.4. The van der Waals surface area contributed by atoms with Crippen molar-refractivity contribution in [2.24, 2.45) is 0 Å². The van der Waals surface area contributed by atoms with Gasteiger partial charge in [0, 0.05) is 30.9 Å². The van der Waals surface area contributed by atoms with E-state index in [1.54, 1.807) is 0 Å². The minimum Gasteiger partial charge on any atom is -0.379 e. The molecule has 0 aromatic carbocycles. The van der Waals surface area contributed by atoms with Gasteiger partial charge < -0.3 is 10.1 Å². The van der Waals surface area contributed by atoms with Crippen LogP contribution in [0.1, 0.15) is 6.42 Å². The Labute approximate surface area is 111 Å². The molecule has 0 atom stereocenters. The number of thiol groups is 1. The summed E-state index contributed by atoms with van der Waals surface area (Å²) >= 11 is 3.97. The summed E-state index contributed by atoms with van der Waals surface area (Å²) in [5, 5.41) is 2.65. The van der Waals surface area contributed by atoms with Gasteiger partial charge in [-0.3, -0.25) is 19.3 Å². The van der Waals surface area contributed by atoms with Gasteiger partial charge in [-0.2, -0.15) is 12.6 Å². The van der Waals surface area contributed by atoms with Crippen LogP contribution in [0.4, 0.5) is 0 Å². The fourth-order valence-corrected chi connectivity index (χ4v) is 1.47. The molecular formula is C11H16N2O4S. The Morgan fingerprint density at radius 2 is 1.94 bits per heavy atom. The summed E-state index contributed by atoms with van der Waals surface area (Å²) in [6, 6.07) is 0. The lowest BCUT2D eigenvalue weighted by molar-refractivity contribution is -0.138. The molecule has 1 aliphatic heterocycles. The van der Waals surface area contributed by atoms with E-state index in [-0.39, 0.29) is 43.9 Å². The zero-order valence-electron chi connectivity index (χ0n) is 9.92. The van der Waals surface area contributed by atoms with Crippen molar-refractivity contribution in [2.45, 2.75) is 6.42 Å². The zero-order chi connectivity index (χ0) is 13.4. The van der Waals surface area contributed by atoms with Crippen molar-refractivity contribution >= 4 is 30.4 Å². The van der Waals surface area contributed by atoms with Gasteiger partial charge in [-0.1, -0.05) is 0 Å². The number of carbonyl (C=O) groups excluding carboxylic acids is 3. The molecule has 0 saturated carbocycles. The summed E-state index contributed by atoms with van der Waals surface area (Å²) in [6.07, 6.45) is 2.72. The van der Waals surface area contributed by atoms with Gasteiger partial charge in [0.15, 0.2) is 0 Å². The molecule has 1 rings (SSSR count). The number of hydrogen-bond donors (Lipinski definition) is 2. The molecule has 100 valence electrons. The molecular weight excluding hydrogens is 256 g/mol. The summed E-state index contributed by atoms with van der Waals surface area (Å²) < 4.78 is 5.19. The van der Waals surface area contributed by atoms with Gasteiger partial charge in [-0.15, -0.1) is 0 Å². The van der Waals surface area contributed by atoms with Gasteiger partial charge in [0.2, 0.25) is 5.91 Å². The minimum atomic E-state index is -0.324. The van der Waals surface area contributed by atoms with E-state index >= 15 is 0 Å². The smallest absolute Gasteiger partial charge is 0.253 e. The van der Waals surface area contributed by atoms with E-state index in [2.05, 4.69) is 17.9 Å². The topological polar surface area (TPSA) is 75.7 Å². The maximum atomic E-state index is 11.2. The van der Waals surface area contributed by atoms with Crippen LogP contribution >= 0.6 is 12.6 Å². The minimum absolute atomic E-state index is 0.0981. The Hall–Kier alpha value is -1.34. The third-order valence-electron chi connectivity index (χ3n) is 2.27. The number of ether oxygens (including phenoxy) is 1. The van der Waals surface area contributed by atoms with Crippen LogP contribution in [0.25, 0.3) is 0 Å². The molecule has 3 amide bonds. The first kappa shape index (κ1) is 14.7. The van der Waals surface area contributed by atoms with E-state index in [0.29, 0.717) is 12.3 Å². The van der Waals surface area contributed by atoms with Gasteiger partial charge in [0.25, 0.3) is 11.8 Å². The molecule has 1 aliphatic rings. The third-order valence-corrected chi connectivity index (χ3v) is 2.49.